The standard InChI is InChI=1S/C10H18ClN3O/c1-4-8(15)5-12-6-9-10(11)7(2)13-14(9)3/h8,12,15H,4-6H2,1-3H3. The van der Waals surface area contributed by atoms with Gasteiger partial charge in [-0.1, -0.05) is 18.5 Å². The fraction of sp³-hybridized carbons (Fsp3) is 0.700. The highest BCUT2D eigenvalue weighted by Crippen LogP contribution is 2.18. The molecule has 15 heavy (non-hydrogen) atoms. The van der Waals surface area contributed by atoms with E-state index in [2.05, 4.69) is 10.4 Å². The summed E-state index contributed by atoms with van der Waals surface area (Å²) in [6.45, 7) is 5.05. The number of nitrogens with zero attached hydrogens (tertiary/aromatic N) is 2. The Morgan fingerprint density at radius 3 is 2.73 bits per heavy atom. The molecule has 86 valence electrons. The number of hydrogen-bond donors (Lipinski definition) is 2. The van der Waals surface area contributed by atoms with Crippen molar-refractivity contribution in [2.24, 2.45) is 7.05 Å². The molecule has 5 heteroatoms. The predicted molar refractivity (Wildman–Crippen MR) is 61.0 cm³/mol. The second-order valence-electron chi connectivity index (χ2n) is 3.66. The van der Waals surface area contributed by atoms with Gasteiger partial charge in [0.05, 0.1) is 22.5 Å². The number of aromatic nitrogens is 2. The number of aryl methyl sites for hydroxylation is 2. The maximum absolute atomic E-state index is 9.36. The first-order chi connectivity index (χ1) is 7.06. The Morgan fingerprint density at radius 2 is 2.27 bits per heavy atom. The molecule has 1 unspecified atom stereocenters. The van der Waals surface area contributed by atoms with E-state index >= 15 is 0 Å². The molecule has 1 heterocycles. The van der Waals surface area contributed by atoms with Gasteiger partial charge in [-0.15, -0.1) is 0 Å². The van der Waals surface area contributed by atoms with Gasteiger partial charge in [0, 0.05) is 20.1 Å². The van der Waals surface area contributed by atoms with Gasteiger partial charge in [0.1, 0.15) is 0 Å². The molecule has 0 aromatic carbocycles. The third kappa shape index (κ3) is 3.19. The van der Waals surface area contributed by atoms with Crippen molar-refractivity contribution in [1.29, 1.82) is 0 Å². The maximum Gasteiger partial charge on any atom is 0.0860 e. The van der Waals surface area contributed by atoms with E-state index in [9.17, 15) is 5.11 Å². The fourth-order valence-corrected chi connectivity index (χ4v) is 1.60. The summed E-state index contributed by atoms with van der Waals surface area (Å²) in [4.78, 5) is 0. The van der Waals surface area contributed by atoms with Crippen molar-refractivity contribution in [3.63, 3.8) is 0 Å². The van der Waals surface area contributed by atoms with Crippen molar-refractivity contribution >= 4 is 11.6 Å². The van der Waals surface area contributed by atoms with E-state index in [-0.39, 0.29) is 6.10 Å². The van der Waals surface area contributed by atoms with Gasteiger partial charge >= 0.3 is 0 Å². The minimum Gasteiger partial charge on any atom is -0.392 e. The molecule has 0 bridgehead atoms. The van der Waals surface area contributed by atoms with Crippen LogP contribution >= 0.6 is 11.6 Å². The van der Waals surface area contributed by atoms with Crippen LogP contribution in [0.2, 0.25) is 5.02 Å². The highest BCUT2D eigenvalue weighted by molar-refractivity contribution is 6.31. The molecule has 0 spiro atoms. The van der Waals surface area contributed by atoms with Crippen LogP contribution in [-0.2, 0) is 13.6 Å². The van der Waals surface area contributed by atoms with Crippen molar-refractivity contribution in [3.8, 4) is 0 Å². The van der Waals surface area contributed by atoms with Crippen molar-refractivity contribution in [2.75, 3.05) is 6.54 Å². The average molecular weight is 232 g/mol. The van der Waals surface area contributed by atoms with Gasteiger partial charge in [-0.05, 0) is 13.3 Å². The summed E-state index contributed by atoms with van der Waals surface area (Å²) in [5, 5.41) is 17.4. The predicted octanol–water partition coefficient (Wildman–Crippen LogP) is 1.24. The van der Waals surface area contributed by atoms with Crippen LogP contribution in [-0.4, -0.2) is 27.5 Å². The minimum atomic E-state index is -0.293. The van der Waals surface area contributed by atoms with Crippen LogP contribution in [0.3, 0.4) is 0 Å². The lowest BCUT2D eigenvalue weighted by Crippen LogP contribution is -2.26. The van der Waals surface area contributed by atoms with Gasteiger partial charge < -0.3 is 10.4 Å². The van der Waals surface area contributed by atoms with E-state index in [0.29, 0.717) is 18.1 Å². The van der Waals surface area contributed by atoms with Crippen LogP contribution in [0.1, 0.15) is 24.7 Å². The topological polar surface area (TPSA) is 50.1 Å². The molecule has 2 N–H and O–H groups in total. The van der Waals surface area contributed by atoms with Gasteiger partial charge in [0.15, 0.2) is 0 Å². The Hall–Kier alpha value is -0.580. The van der Waals surface area contributed by atoms with Gasteiger partial charge in [0.25, 0.3) is 0 Å². The first kappa shape index (κ1) is 12.5. The van der Waals surface area contributed by atoms with Crippen LogP contribution in [0.25, 0.3) is 0 Å². The molecule has 0 aliphatic carbocycles. The second-order valence-corrected chi connectivity index (χ2v) is 4.04. The maximum atomic E-state index is 9.36. The molecule has 1 rings (SSSR count). The van der Waals surface area contributed by atoms with Gasteiger partial charge in [0.2, 0.25) is 0 Å². The zero-order chi connectivity index (χ0) is 11.4. The Morgan fingerprint density at radius 1 is 1.60 bits per heavy atom. The first-order valence-corrected chi connectivity index (χ1v) is 5.50. The quantitative estimate of drug-likeness (QED) is 0.802. The summed E-state index contributed by atoms with van der Waals surface area (Å²) in [5.74, 6) is 0. The number of aliphatic hydroxyl groups is 1. The van der Waals surface area contributed by atoms with Crippen molar-refractivity contribution < 1.29 is 5.11 Å². The van der Waals surface area contributed by atoms with E-state index in [1.54, 1.807) is 4.68 Å². The lowest BCUT2D eigenvalue weighted by Gasteiger charge is -2.09. The van der Waals surface area contributed by atoms with E-state index in [1.165, 1.54) is 0 Å². The smallest absolute Gasteiger partial charge is 0.0860 e. The Kier molecular flexibility index (Phi) is 4.57. The normalized spacial score (nSPS) is 13.1. The van der Waals surface area contributed by atoms with Crippen molar-refractivity contribution in [2.45, 2.75) is 32.9 Å². The molecule has 0 amide bonds. The van der Waals surface area contributed by atoms with Crippen LogP contribution in [0.5, 0.6) is 0 Å². The molecular weight excluding hydrogens is 214 g/mol. The Balaban J connectivity index is 2.50. The summed E-state index contributed by atoms with van der Waals surface area (Å²) in [6, 6.07) is 0. The van der Waals surface area contributed by atoms with Gasteiger partial charge in [-0.3, -0.25) is 4.68 Å². The minimum absolute atomic E-state index is 0.293. The average Bonchev–Trinajstić information content (AvgIpc) is 2.44. The van der Waals surface area contributed by atoms with E-state index in [4.69, 9.17) is 11.6 Å². The van der Waals surface area contributed by atoms with Crippen LogP contribution in [0.4, 0.5) is 0 Å². The summed E-state index contributed by atoms with van der Waals surface area (Å²) >= 11 is 6.08. The molecule has 1 atom stereocenters. The van der Waals surface area contributed by atoms with E-state index in [0.717, 1.165) is 17.8 Å². The zero-order valence-corrected chi connectivity index (χ0v) is 10.2. The third-order valence-corrected chi connectivity index (χ3v) is 2.90. The highest BCUT2D eigenvalue weighted by atomic mass is 35.5. The van der Waals surface area contributed by atoms with Gasteiger partial charge in [-0.2, -0.15) is 5.10 Å². The van der Waals surface area contributed by atoms with Crippen molar-refractivity contribution in [1.82, 2.24) is 15.1 Å². The molecule has 0 aliphatic rings. The number of hydrogen-bond acceptors (Lipinski definition) is 3. The van der Waals surface area contributed by atoms with Gasteiger partial charge in [-0.25, -0.2) is 0 Å². The number of rotatable bonds is 5. The van der Waals surface area contributed by atoms with Crippen LogP contribution < -0.4 is 5.32 Å². The Bertz CT molecular complexity index is 325. The second kappa shape index (κ2) is 5.49. The Labute approximate surface area is 95.2 Å². The van der Waals surface area contributed by atoms with E-state index < -0.39 is 0 Å². The largest absolute Gasteiger partial charge is 0.392 e. The summed E-state index contributed by atoms with van der Waals surface area (Å²) < 4.78 is 1.77. The lowest BCUT2D eigenvalue weighted by atomic mass is 10.3. The summed E-state index contributed by atoms with van der Waals surface area (Å²) in [7, 11) is 1.87. The SMILES string of the molecule is CCC(O)CNCc1c(Cl)c(C)nn1C. The first-order valence-electron chi connectivity index (χ1n) is 5.13. The molecule has 1 aromatic rings. The molecule has 4 nitrogen and oxygen atoms in total. The third-order valence-electron chi connectivity index (χ3n) is 2.41. The number of aliphatic hydroxyl groups excluding tert-OH is 1. The molecule has 0 fully saturated rings. The highest BCUT2D eigenvalue weighted by Gasteiger charge is 2.10. The molecule has 0 saturated heterocycles. The van der Waals surface area contributed by atoms with E-state index in [1.807, 2.05) is 20.9 Å². The fourth-order valence-electron chi connectivity index (χ4n) is 1.37. The monoisotopic (exact) mass is 231 g/mol. The molecule has 0 aliphatic heterocycles. The van der Waals surface area contributed by atoms with Crippen LogP contribution in [0, 0.1) is 6.92 Å². The van der Waals surface area contributed by atoms with Crippen molar-refractivity contribution in [3.05, 3.63) is 16.4 Å². The summed E-state index contributed by atoms with van der Waals surface area (Å²) in [5.41, 5.74) is 1.80. The number of halogens is 1. The summed E-state index contributed by atoms with van der Waals surface area (Å²) in [6.07, 6.45) is 0.462. The van der Waals surface area contributed by atoms with Crippen LogP contribution in [0.15, 0.2) is 0 Å². The molecular formula is C10H18ClN3O. The molecule has 0 radical (unpaired) electrons. The molecule has 1 aromatic heterocycles. The number of nitrogens with one attached hydrogen (secondary N) is 1. The zero-order valence-electron chi connectivity index (χ0n) is 9.42. The lowest BCUT2D eigenvalue weighted by molar-refractivity contribution is 0.167. The molecule has 0 saturated carbocycles.